The number of para-hydroxylation sites is 1. The maximum absolute atomic E-state index is 5.82. The molecule has 0 unspecified atom stereocenters. The Bertz CT molecular complexity index is 1440. The van der Waals surface area contributed by atoms with E-state index in [4.69, 9.17) is 9.40 Å². The van der Waals surface area contributed by atoms with Gasteiger partial charge in [-0.3, -0.25) is 9.55 Å². The number of furan rings is 1. The Labute approximate surface area is 160 Å². The first kappa shape index (κ1) is 15.2. The zero-order chi connectivity index (χ0) is 18.5. The third kappa shape index (κ3) is 2.12. The zero-order valence-corrected chi connectivity index (χ0v) is 14.9. The van der Waals surface area contributed by atoms with Gasteiger partial charge in [-0.1, -0.05) is 24.3 Å². The Balaban J connectivity index is 1.63. The van der Waals surface area contributed by atoms with Crippen molar-refractivity contribution in [2.75, 3.05) is 0 Å². The first-order valence-electron chi connectivity index (χ1n) is 9.16. The summed E-state index contributed by atoms with van der Waals surface area (Å²) in [4.78, 5) is 8.97. The van der Waals surface area contributed by atoms with Crippen molar-refractivity contribution in [2.24, 2.45) is 0 Å². The van der Waals surface area contributed by atoms with Gasteiger partial charge in [0.05, 0.1) is 22.7 Å². The van der Waals surface area contributed by atoms with E-state index in [1.54, 1.807) is 12.5 Å². The molecular formula is C24H15N3O. The number of nitrogens with zero attached hydrogens (tertiary/aromatic N) is 3. The highest BCUT2D eigenvalue weighted by atomic mass is 16.3. The van der Waals surface area contributed by atoms with Crippen LogP contribution in [0, 0.1) is 0 Å². The smallest absolute Gasteiger partial charge is 0.143 e. The van der Waals surface area contributed by atoms with Gasteiger partial charge in [0.2, 0.25) is 0 Å². The van der Waals surface area contributed by atoms with E-state index in [1.165, 1.54) is 0 Å². The lowest BCUT2D eigenvalue weighted by Gasteiger charge is -2.08. The normalized spacial score (nSPS) is 11.6. The Kier molecular flexibility index (Phi) is 3.14. The molecule has 2 aromatic carbocycles. The molecule has 0 saturated carbocycles. The average molecular weight is 361 g/mol. The molecule has 0 saturated heterocycles. The number of benzene rings is 2. The second kappa shape index (κ2) is 5.79. The molecule has 0 N–H and O–H groups in total. The highest BCUT2D eigenvalue weighted by molar-refractivity contribution is 6.19. The minimum absolute atomic E-state index is 0.879. The summed E-state index contributed by atoms with van der Waals surface area (Å²) >= 11 is 0. The Morgan fingerprint density at radius 2 is 1.68 bits per heavy atom. The molecule has 0 amide bonds. The second-order valence-electron chi connectivity index (χ2n) is 6.80. The fourth-order valence-corrected chi connectivity index (χ4v) is 3.95. The van der Waals surface area contributed by atoms with Crippen LogP contribution in [0.3, 0.4) is 0 Å². The summed E-state index contributed by atoms with van der Waals surface area (Å²) in [7, 11) is 0. The van der Waals surface area contributed by atoms with Crippen LogP contribution in [0.1, 0.15) is 0 Å². The van der Waals surface area contributed by atoms with E-state index in [9.17, 15) is 0 Å². The summed E-state index contributed by atoms with van der Waals surface area (Å²) in [5, 5.41) is 3.39. The van der Waals surface area contributed by atoms with E-state index in [1.807, 2.05) is 30.6 Å². The molecule has 6 aromatic rings. The highest BCUT2D eigenvalue weighted by Gasteiger charge is 2.16. The van der Waals surface area contributed by atoms with E-state index in [0.717, 1.165) is 49.7 Å². The molecule has 4 nitrogen and oxygen atoms in total. The van der Waals surface area contributed by atoms with Crippen molar-refractivity contribution in [3.05, 3.63) is 91.6 Å². The van der Waals surface area contributed by atoms with Gasteiger partial charge in [-0.15, -0.1) is 0 Å². The first-order chi connectivity index (χ1) is 13.9. The first-order valence-corrected chi connectivity index (χ1v) is 9.16. The number of aromatic nitrogens is 3. The molecule has 28 heavy (non-hydrogen) atoms. The third-order valence-corrected chi connectivity index (χ3v) is 5.23. The van der Waals surface area contributed by atoms with E-state index in [-0.39, 0.29) is 0 Å². The molecule has 132 valence electrons. The van der Waals surface area contributed by atoms with Gasteiger partial charge >= 0.3 is 0 Å². The molecule has 4 aromatic heterocycles. The molecule has 0 spiro atoms. The van der Waals surface area contributed by atoms with Crippen LogP contribution in [0.5, 0.6) is 0 Å². The summed E-state index contributed by atoms with van der Waals surface area (Å²) in [5.74, 6) is 0.879. The van der Waals surface area contributed by atoms with Crippen LogP contribution in [0.4, 0.5) is 0 Å². The summed E-state index contributed by atoms with van der Waals surface area (Å²) in [6.07, 6.45) is 7.28. The minimum Gasteiger partial charge on any atom is -0.464 e. The summed E-state index contributed by atoms with van der Waals surface area (Å²) in [6.45, 7) is 0. The maximum atomic E-state index is 5.82. The van der Waals surface area contributed by atoms with E-state index in [2.05, 4.69) is 58.1 Å². The number of hydrogen-bond donors (Lipinski definition) is 0. The van der Waals surface area contributed by atoms with Gasteiger partial charge in [-0.05, 0) is 42.5 Å². The largest absolute Gasteiger partial charge is 0.464 e. The minimum atomic E-state index is 0.879. The van der Waals surface area contributed by atoms with Crippen molar-refractivity contribution in [3.8, 4) is 16.9 Å². The van der Waals surface area contributed by atoms with Crippen LogP contribution in [-0.4, -0.2) is 14.5 Å². The summed E-state index contributed by atoms with van der Waals surface area (Å²) < 4.78 is 8.02. The SMILES string of the molecule is c1cncc(-c2ccc(-n3c4ccccc4c4c5occc5ccc43)nc2)c1. The molecule has 4 heteroatoms. The van der Waals surface area contributed by atoms with E-state index in [0.29, 0.717) is 0 Å². The van der Waals surface area contributed by atoms with Gasteiger partial charge in [-0.25, -0.2) is 4.98 Å². The van der Waals surface area contributed by atoms with Crippen LogP contribution >= 0.6 is 0 Å². The molecule has 0 aliphatic carbocycles. The predicted octanol–water partition coefficient (Wildman–Crippen LogP) is 5.99. The second-order valence-corrected chi connectivity index (χ2v) is 6.80. The number of rotatable bonds is 2. The third-order valence-electron chi connectivity index (χ3n) is 5.23. The Hall–Kier alpha value is -3.92. The van der Waals surface area contributed by atoms with Crippen LogP contribution < -0.4 is 0 Å². The number of fused-ring (bicyclic) bond motifs is 5. The topological polar surface area (TPSA) is 43.9 Å². The van der Waals surface area contributed by atoms with Gasteiger partial charge in [0.15, 0.2) is 0 Å². The summed E-state index contributed by atoms with van der Waals surface area (Å²) in [6, 6.07) is 22.7. The van der Waals surface area contributed by atoms with Crippen molar-refractivity contribution in [2.45, 2.75) is 0 Å². The van der Waals surface area contributed by atoms with Gasteiger partial charge in [0.1, 0.15) is 11.4 Å². The average Bonchev–Trinajstić information content (AvgIpc) is 3.36. The molecule has 4 heterocycles. The van der Waals surface area contributed by atoms with Gasteiger partial charge in [-0.2, -0.15) is 0 Å². The molecule has 0 bridgehead atoms. The maximum Gasteiger partial charge on any atom is 0.143 e. The fraction of sp³-hybridized carbons (Fsp3) is 0. The van der Waals surface area contributed by atoms with Crippen LogP contribution in [0.25, 0.3) is 49.7 Å². The van der Waals surface area contributed by atoms with E-state index >= 15 is 0 Å². The van der Waals surface area contributed by atoms with Crippen LogP contribution in [-0.2, 0) is 0 Å². The van der Waals surface area contributed by atoms with Crippen LogP contribution in [0.15, 0.2) is 96.0 Å². The Morgan fingerprint density at radius 3 is 2.54 bits per heavy atom. The number of pyridine rings is 2. The predicted molar refractivity (Wildman–Crippen MR) is 112 cm³/mol. The lowest BCUT2D eigenvalue weighted by Crippen LogP contribution is -1.97. The van der Waals surface area contributed by atoms with E-state index < -0.39 is 0 Å². The molecule has 6 rings (SSSR count). The van der Waals surface area contributed by atoms with Crippen molar-refractivity contribution in [1.82, 2.24) is 14.5 Å². The molecule has 0 aliphatic heterocycles. The van der Waals surface area contributed by atoms with Crippen molar-refractivity contribution in [1.29, 1.82) is 0 Å². The molecule has 0 radical (unpaired) electrons. The lowest BCUT2D eigenvalue weighted by molar-refractivity contribution is 0.619. The zero-order valence-electron chi connectivity index (χ0n) is 14.9. The standard InChI is InChI=1S/C24H15N3O/c1-2-6-20-19(5-1)23-21(9-7-16-11-13-28-24(16)23)27(20)22-10-8-18(15-26-22)17-4-3-12-25-14-17/h1-15H. The quantitative estimate of drug-likeness (QED) is 0.381. The molecule has 0 atom stereocenters. The van der Waals surface area contributed by atoms with Crippen molar-refractivity contribution >= 4 is 32.8 Å². The molecule has 0 fully saturated rings. The summed E-state index contributed by atoms with van der Waals surface area (Å²) in [5.41, 5.74) is 5.22. The molecular weight excluding hydrogens is 346 g/mol. The fourth-order valence-electron chi connectivity index (χ4n) is 3.95. The number of hydrogen-bond acceptors (Lipinski definition) is 3. The van der Waals surface area contributed by atoms with Crippen molar-refractivity contribution < 1.29 is 4.42 Å². The Morgan fingerprint density at radius 1 is 0.750 bits per heavy atom. The van der Waals surface area contributed by atoms with Gasteiger partial charge in [0, 0.05) is 40.5 Å². The monoisotopic (exact) mass is 361 g/mol. The highest BCUT2D eigenvalue weighted by Crippen LogP contribution is 2.36. The lowest BCUT2D eigenvalue weighted by atomic mass is 10.1. The molecule has 0 aliphatic rings. The van der Waals surface area contributed by atoms with Gasteiger partial charge < -0.3 is 4.42 Å². The van der Waals surface area contributed by atoms with Gasteiger partial charge in [0.25, 0.3) is 0 Å². The van der Waals surface area contributed by atoms with Crippen molar-refractivity contribution in [3.63, 3.8) is 0 Å². The van der Waals surface area contributed by atoms with Crippen LogP contribution in [0.2, 0.25) is 0 Å².